The quantitative estimate of drug-likeness (QED) is 0.928. The molecule has 0 radical (unpaired) electrons. The van der Waals surface area contributed by atoms with Gasteiger partial charge in [-0.1, -0.05) is 12.1 Å². The third-order valence-corrected chi connectivity index (χ3v) is 5.33. The molecule has 2 heterocycles. The van der Waals surface area contributed by atoms with Crippen LogP contribution in [-0.2, 0) is 10.4 Å². The first-order chi connectivity index (χ1) is 11.0. The summed E-state index contributed by atoms with van der Waals surface area (Å²) in [6, 6.07) is 5.96. The van der Waals surface area contributed by atoms with Gasteiger partial charge in [0.15, 0.2) is 0 Å². The predicted molar refractivity (Wildman–Crippen MR) is 86.4 cm³/mol. The summed E-state index contributed by atoms with van der Waals surface area (Å²) in [6.07, 6.45) is 3.33. The van der Waals surface area contributed by atoms with Gasteiger partial charge in [0.2, 0.25) is 5.91 Å². The Morgan fingerprint density at radius 1 is 1.13 bits per heavy atom. The van der Waals surface area contributed by atoms with Gasteiger partial charge in [0.25, 0.3) is 0 Å². The van der Waals surface area contributed by atoms with Crippen LogP contribution in [0.15, 0.2) is 24.3 Å². The summed E-state index contributed by atoms with van der Waals surface area (Å²) < 4.78 is 13.1. The Kier molecular flexibility index (Phi) is 4.69. The van der Waals surface area contributed by atoms with E-state index < -0.39 is 5.60 Å². The Bertz CT molecular complexity index is 547. The van der Waals surface area contributed by atoms with Crippen molar-refractivity contribution in [3.8, 4) is 0 Å². The SMILES string of the molecule is CC(C(=O)N1CCCC1)N1CCC(O)(c2ccc(F)cc2)CC1. The first-order valence-electron chi connectivity index (χ1n) is 8.51. The molecule has 0 saturated carbocycles. The number of rotatable bonds is 3. The highest BCUT2D eigenvalue weighted by Gasteiger charge is 2.37. The second-order valence-corrected chi connectivity index (χ2v) is 6.78. The minimum absolute atomic E-state index is 0.133. The molecule has 126 valence electrons. The van der Waals surface area contributed by atoms with E-state index in [1.54, 1.807) is 12.1 Å². The van der Waals surface area contributed by atoms with E-state index in [0.717, 1.165) is 31.5 Å². The first kappa shape index (κ1) is 16.4. The molecule has 1 unspecified atom stereocenters. The van der Waals surface area contributed by atoms with E-state index >= 15 is 0 Å². The minimum atomic E-state index is -0.916. The largest absolute Gasteiger partial charge is 0.385 e. The molecular formula is C18H25FN2O2. The van der Waals surface area contributed by atoms with Crippen LogP contribution < -0.4 is 0 Å². The number of amides is 1. The molecule has 1 N–H and O–H groups in total. The van der Waals surface area contributed by atoms with E-state index in [1.165, 1.54) is 12.1 Å². The van der Waals surface area contributed by atoms with Crippen molar-refractivity contribution in [3.63, 3.8) is 0 Å². The van der Waals surface area contributed by atoms with Crippen LogP contribution >= 0.6 is 0 Å². The Morgan fingerprint density at radius 2 is 1.70 bits per heavy atom. The van der Waals surface area contributed by atoms with Crippen molar-refractivity contribution < 1.29 is 14.3 Å². The standard InChI is InChI=1S/C18H25FN2O2/c1-14(17(22)21-10-2-3-11-21)20-12-8-18(23,9-13-20)15-4-6-16(19)7-5-15/h4-7,14,23H,2-3,8-13H2,1H3. The maximum atomic E-state index is 13.1. The molecule has 1 atom stereocenters. The predicted octanol–water partition coefficient (Wildman–Crippen LogP) is 2.12. The summed E-state index contributed by atoms with van der Waals surface area (Å²) in [4.78, 5) is 16.6. The summed E-state index contributed by atoms with van der Waals surface area (Å²) in [7, 11) is 0. The van der Waals surface area contributed by atoms with Crippen LogP contribution in [0, 0.1) is 5.82 Å². The molecular weight excluding hydrogens is 295 g/mol. The number of nitrogens with zero attached hydrogens (tertiary/aromatic N) is 2. The van der Waals surface area contributed by atoms with Crippen LogP contribution in [0.2, 0.25) is 0 Å². The zero-order valence-corrected chi connectivity index (χ0v) is 13.7. The van der Waals surface area contributed by atoms with Crippen LogP contribution in [0.25, 0.3) is 0 Å². The normalized spacial score (nSPS) is 23.0. The monoisotopic (exact) mass is 320 g/mol. The molecule has 2 fully saturated rings. The second kappa shape index (κ2) is 6.57. The highest BCUT2D eigenvalue weighted by Crippen LogP contribution is 2.33. The number of carbonyl (C=O) groups excluding carboxylic acids is 1. The third kappa shape index (κ3) is 3.40. The Balaban J connectivity index is 1.61. The molecule has 0 spiro atoms. The first-order valence-corrected chi connectivity index (χ1v) is 8.51. The van der Waals surface area contributed by atoms with E-state index in [1.807, 2.05) is 11.8 Å². The van der Waals surface area contributed by atoms with Gasteiger partial charge in [-0.3, -0.25) is 9.69 Å². The molecule has 0 aliphatic carbocycles. The smallest absolute Gasteiger partial charge is 0.239 e. The molecule has 2 saturated heterocycles. The summed E-state index contributed by atoms with van der Waals surface area (Å²) in [5.74, 6) is -0.0886. The molecule has 3 rings (SSSR count). The van der Waals surface area contributed by atoms with Crippen molar-refractivity contribution in [1.82, 2.24) is 9.80 Å². The van der Waals surface area contributed by atoms with Crippen LogP contribution in [-0.4, -0.2) is 53.0 Å². The van der Waals surface area contributed by atoms with Crippen LogP contribution in [0.3, 0.4) is 0 Å². The highest BCUT2D eigenvalue weighted by atomic mass is 19.1. The lowest BCUT2D eigenvalue weighted by molar-refractivity contribution is -0.137. The number of hydrogen-bond donors (Lipinski definition) is 1. The second-order valence-electron chi connectivity index (χ2n) is 6.78. The molecule has 1 aromatic rings. The Labute approximate surface area is 136 Å². The zero-order valence-electron chi connectivity index (χ0n) is 13.7. The van der Waals surface area contributed by atoms with Gasteiger partial charge < -0.3 is 10.0 Å². The maximum Gasteiger partial charge on any atom is 0.239 e. The molecule has 1 aromatic carbocycles. The van der Waals surface area contributed by atoms with Gasteiger partial charge in [0, 0.05) is 26.2 Å². The van der Waals surface area contributed by atoms with Crippen molar-refractivity contribution in [2.75, 3.05) is 26.2 Å². The van der Waals surface area contributed by atoms with Gasteiger partial charge in [0.05, 0.1) is 11.6 Å². The lowest BCUT2D eigenvalue weighted by Gasteiger charge is -2.41. The number of aliphatic hydroxyl groups is 1. The van der Waals surface area contributed by atoms with Crippen LogP contribution in [0.1, 0.15) is 38.2 Å². The summed E-state index contributed by atoms with van der Waals surface area (Å²) in [5.41, 5.74) is -0.155. The Morgan fingerprint density at radius 3 is 2.26 bits per heavy atom. The molecule has 2 aliphatic rings. The molecule has 0 bridgehead atoms. The van der Waals surface area contributed by atoms with E-state index in [2.05, 4.69) is 4.90 Å². The summed E-state index contributed by atoms with van der Waals surface area (Å²) in [6.45, 7) is 5.05. The number of carbonyl (C=O) groups is 1. The van der Waals surface area contributed by atoms with Gasteiger partial charge in [-0.15, -0.1) is 0 Å². The molecule has 23 heavy (non-hydrogen) atoms. The van der Waals surface area contributed by atoms with Gasteiger partial charge >= 0.3 is 0 Å². The van der Waals surface area contributed by atoms with Gasteiger partial charge in [0.1, 0.15) is 5.82 Å². The number of benzene rings is 1. The molecule has 4 nitrogen and oxygen atoms in total. The molecule has 2 aliphatic heterocycles. The molecule has 5 heteroatoms. The maximum absolute atomic E-state index is 13.1. The summed E-state index contributed by atoms with van der Waals surface area (Å²) in [5, 5.41) is 10.8. The molecule has 0 aromatic heterocycles. The average molecular weight is 320 g/mol. The fourth-order valence-electron chi connectivity index (χ4n) is 3.69. The van der Waals surface area contributed by atoms with Crippen molar-refractivity contribution in [1.29, 1.82) is 0 Å². The number of piperidine rings is 1. The van der Waals surface area contributed by atoms with E-state index in [4.69, 9.17) is 0 Å². The molecule has 1 amide bonds. The fraction of sp³-hybridized carbons (Fsp3) is 0.611. The fourth-order valence-corrected chi connectivity index (χ4v) is 3.69. The van der Waals surface area contributed by atoms with Crippen molar-refractivity contribution in [2.45, 2.75) is 44.2 Å². The third-order valence-electron chi connectivity index (χ3n) is 5.33. The number of likely N-dealkylation sites (tertiary alicyclic amines) is 2. The highest BCUT2D eigenvalue weighted by molar-refractivity contribution is 5.81. The van der Waals surface area contributed by atoms with Crippen LogP contribution in [0.5, 0.6) is 0 Å². The topological polar surface area (TPSA) is 43.8 Å². The zero-order chi connectivity index (χ0) is 16.4. The van der Waals surface area contributed by atoms with Crippen molar-refractivity contribution >= 4 is 5.91 Å². The number of halogens is 1. The van der Waals surface area contributed by atoms with Crippen LogP contribution in [0.4, 0.5) is 4.39 Å². The Hall–Kier alpha value is -1.46. The number of hydrogen-bond acceptors (Lipinski definition) is 3. The van der Waals surface area contributed by atoms with Crippen molar-refractivity contribution in [2.24, 2.45) is 0 Å². The van der Waals surface area contributed by atoms with Gasteiger partial charge in [-0.2, -0.15) is 0 Å². The van der Waals surface area contributed by atoms with E-state index in [-0.39, 0.29) is 17.8 Å². The summed E-state index contributed by atoms with van der Waals surface area (Å²) >= 11 is 0. The lowest BCUT2D eigenvalue weighted by Crippen LogP contribution is -2.51. The van der Waals surface area contributed by atoms with Crippen molar-refractivity contribution in [3.05, 3.63) is 35.6 Å². The average Bonchev–Trinajstić information content (AvgIpc) is 3.09. The minimum Gasteiger partial charge on any atom is -0.385 e. The van der Waals surface area contributed by atoms with Gasteiger partial charge in [-0.05, 0) is 50.3 Å². The van der Waals surface area contributed by atoms with Gasteiger partial charge in [-0.25, -0.2) is 4.39 Å². The van der Waals surface area contributed by atoms with E-state index in [9.17, 15) is 14.3 Å². The van der Waals surface area contributed by atoms with E-state index in [0.29, 0.717) is 25.9 Å². The lowest BCUT2D eigenvalue weighted by atomic mass is 9.84.